The number of thioether (sulfide) groups is 1. The summed E-state index contributed by atoms with van der Waals surface area (Å²) in [5.74, 6) is 1.27. The summed E-state index contributed by atoms with van der Waals surface area (Å²) < 4.78 is 0. The van der Waals surface area contributed by atoms with E-state index in [9.17, 15) is 19.8 Å². The number of likely N-dealkylation sites (tertiary alicyclic amines) is 1. The van der Waals surface area contributed by atoms with Gasteiger partial charge in [0, 0.05) is 40.4 Å². The Hall–Kier alpha value is -2.55. The molecule has 2 aromatic rings. The van der Waals surface area contributed by atoms with Crippen molar-refractivity contribution < 1.29 is 19.8 Å². The van der Waals surface area contributed by atoms with Crippen LogP contribution in [-0.4, -0.2) is 69.5 Å². The van der Waals surface area contributed by atoms with Crippen LogP contribution in [0.15, 0.2) is 53.4 Å². The number of carbonyl (C=O) groups excluding carboxylic acids is 2. The molecule has 40 heavy (non-hydrogen) atoms. The highest BCUT2D eigenvalue weighted by atomic mass is 32.2. The predicted molar refractivity (Wildman–Crippen MR) is 161 cm³/mol. The molecule has 2 unspecified atom stereocenters. The first kappa shape index (κ1) is 30.4. The normalized spacial score (nSPS) is 23.1. The Kier molecular flexibility index (Phi) is 10.2. The number of nitrogens with one attached hydrogen (secondary N) is 2. The highest BCUT2D eigenvalue weighted by Crippen LogP contribution is 2.39. The average molecular weight is 568 g/mol. The molecule has 4 N–H and O–H groups in total. The van der Waals surface area contributed by atoms with Crippen LogP contribution >= 0.6 is 11.8 Å². The molecule has 4 rings (SSSR count). The Bertz CT molecular complexity index is 1150. The molecule has 1 aliphatic carbocycles. The maximum Gasteiger partial charge on any atom is 0.252 e. The fraction of sp³-hybridized carbons (Fsp3) is 0.562. The summed E-state index contributed by atoms with van der Waals surface area (Å²) in [4.78, 5) is 30.0. The van der Waals surface area contributed by atoms with Gasteiger partial charge in [-0.15, -0.1) is 11.8 Å². The van der Waals surface area contributed by atoms with Crippen LogP contribution in [0.3, 0.4) is 0 Å². The standard InChI is InChI=1S/C32H45N3O4S/c1-21-25(15-10-16-28(21)36)30(38)33-26(20-40-24-13-6-5-7-14-24)29(37)19-35-18-23-12-9-8-11-22(23)17-27(35)31(39)34-32(2,3)4/h5-7,10,13-16,22-23,26-27,29,36-37H,8-9,11-12,17-20H2,1-4H3,(H,33,38)(H,34,39)/t22?,23?,26-,27-,29+/m0/s1. The van der Waals surface area contributed by atoms with Crippen LogP contribution in [0.25, 0.3) is 0 Å². The maximum atomic E-state index is 13.5. The third-order valence-corrected chi connectivity index (χ3v) is 9.36. The van der Waals surface area contributed by atoms with Crippen molar-refractivity contribution in [3.05, 3.63) is 59.7 Å². The molecule has 1 heterocycles. The van der Waals surface area contributed by atoms with Crippen LogP contribution in [0.1, 0.15) is 68.8 Å². The number of rotatable bonds is 9. The van der Waals surface area contributed by atoms with Gasteiger partial charge >= 0.3 is 0 Å². The van der Waals surface area contributed by atoms with Gasteiger partial charge in [0.05, 0.1) is 18.2 Å². The number of hydrogen-bond acceptors (Lipinski definition) is 6. The van der Waals surface area contributed by atoms with E-state index in [1.165, 1.54) is 12.8 Å². The summed E-state index contributed by atoms with van der Waals surface area (Å²) in [5.41, 5.74) is 0.543. The molecule has 8 heteroatoms. The highest BCUT2D eigenvalue weighted by molar-refractivity contribution is 7.99. The van der Waals surface area contributed by atoms with Crippen LogP contribution in [0, 0.1) is 18.8 Å². The summed E-state index contributed by atoms with van der Waals surface area (Å²) >= 11 is 1.57. The van der Waals surface area contributed by atoms with Gasteiger partial charge in [0.2, 0.25) is 5.91 Å². The Morgan fingerprint density at radius 1 is 1.05 bits per heavy atom. The zero-order valence-corrected chi connectivity index (χ0v) is 25.0. The van der Waals surface area contributed by atoms with Crippen molar-refractivity contribution in [2.45, 2.75) is 88.4 Å². The van der Waals surface area contributed by atoms with Crippen molar-refractivity contribution in [3.63, 3.8) is 0 Å². The topological polar surface area (TPSA) is 102 Å². The van der Waals surface area contributed by atoms with Crippen LogP contribution in [-0.2, 0) is 4.79 Å². The second-order valence-electron chi connectivity index (χ2n) is 12.5. The SMILES string of the molecule is Cc1c(O)cccc1C(=O)N[C@@H](CSc1ccccc1)[C@H](O)CN1CC2CCCCC2C[C@H]1C(=O)NC(C)(C)C. The summed E-state index contributed by atoms with van der Waals surface area (Å²) in [6, 6.07) is 13.9. The van der Waals surface area contributed by atoms with Crippen LogP contribution in [0.2, 0.25) is 0 Å². The molecule has 0 spiro atoms. The minimum Gasteiger partial charge on any atom is -0.508 e. The summed E-state index contributed by atoms with van der Waals surface area (Å²) in [7, 11) is 0. The van der Waals surface area contributed by atoms with Crippen LogP contribution < -0.4 is 10.6 Å². The fourth-order valence-electron chi connectivity index (χ4n) is 6.06. The second kappa shape index (κ2) is 13.4. The predicted octanol–water partition coefficient (Wildman–Crippen LogP) is 4.75. The number of aromatic hydroxyl groups is 1. The lowest BCUT2D eigenvalue weighted by atomic mass is 9.72. The lowest BCUT2D eigenvalue weighted by molar-refractivity contribution is -0.132. The molecule has 0 bridgehead atoms. The molecule has 2 amide bonds. The van der Waals surface area contributed by atoms with Gasteiger partial charge in [0.25, 0.3) is 5.91 Å². The molecular formula is C32H45N3O4S. The van der Waals surface area contributed by atoms with Gasteiger partial charge in [-0.05, 0) is 76.6 Å². The number of nitrogens with zero attached hydrogens (tertiary/aromatic N) is 1. The number of benzene rings is 2. The van der Waals surface area contributed by atoms with Crippen LogP contribution in [0.4, 0.5) is 0 Å². The molecule has 218 valence electrons. The van der Waals surface area contributed by atoms with E-state index in [2.05, 4.69) is 15.5 Å². The summed E-state index contributed by atoms with van der Waals surface area (Å²) in [5, 5.41) is 28.0. The van der Waals surface area contributed by atoms with Gasteiger partial charge < -0.3 is 20.8 Å². The Balaban J connectivity index is 1.54. The Labute approximate surface area is 243 Å². The molecular weight excluding hydrogens is 522 g/mol. The number of phenolic OH excluding ortho intramolecular Hbond substituents is 1. The van der Waals surface area contributed by atoms with Crippen molar-refractivity contribution in [1.82, 2.24) is 15.5 Å². The fourth-order valence-corrected chi connectivity index (χ4v) is 7.09. The molecule has 0 radical (unpaired) electrons. The number of fused-ring (bicyclic) bond motifs is 1. The van der Waals surface area contributed by atoms with Crippen molar-refractivity contribution in [3.8, 4) is 5.75 Å². The molecule has 1 saturated carbocycles. The zero-order valence-electron chi connectivity index (χ0n) is 24.2. The van der Waals surface area contributed by atoms with Crippen molar-refractivity contribution in [1.29, 1.82) is 0 Å². The van der Waals surface area contributed by atoms with E-state index in [-0.39, 0.29) is 29.1 Å². The molecule has 1 saturated heterocycles. The molecule has 7 nitrogen and oxygen atoms in total. The summed E-state index contributed by atoms with van der Waals surface area (Å²) in [6.45, 7) is 8.76. The monoisotopic (exact) mass is 567 g/mol. The quantitative estimate of drug-likeness (QED) is 0.327. The third kappa shape index (κ3) is 8.02. The lowest BCUT2D eigenvalue weighted by Gasteiger charge is -2.47. The number of amides is 2. The van der Waals surface area contributed by atoms with E-state index in [1.807, 2.05) is 51.1 Å². The number of aliphatic hydroxyl groups excluding tert-OH is 1. The molecule has 1 aliphatic heterocycles. The molecule has 2 fully saturated rings. The largest absolute Gasteiger partial charge is 0.508 e. The van der Waals surface area contributed by atoms with Crippen molar-refractivity contribution >= 4 is 23.6 Å². The number of piperidine rings is 1. The molecule has 5 atom stereocenters. The minimum atomic E-state index is -0.886. The van der Waals surface area contributed by atoms with Crippen molar-refractivity contribution in [2.75, 3.05) is 18.8 Å². The first-order valence-corrected chi connectivity index (χ1v) is 15.5. The maximum absolute atomic E-state index is 13.5. The number of carbonyl (C=O) groups is 2. The number of β-amino-alcohol motifs (C(OH)–C–C–N with tert-alkyl or cyclic N) is 1. The first-order chi connectivity index (χ1) is 19.0. The zero-order chi connectivity index (χ0) is 28.9. The van der Waals surface area contributed by atoms with Gasteiger partial charge in [-0.2, -0.15) is 0 Å². The van der Waals surface area contributed by atoms with Gasteiger partial charge in [-0.3, -0.25) is 14.5 Å². The van der Waals surface area contributed by atoms with Gasteiger partial charge in [-0.25, -0.2) is 0 Å². The van der Waals surface area contributed by atoms with E-state index in [0.29, 0.717) is 35.3 Å². The molecule has 2 aliphatic rings. The number of phenols is 1. The van der Waals surface area contributed by atoms with Gasteiger partial charge in [0.1, 0.15) is 5.75 Å². The minimum absolute atomic E-state index is 0.0124. The van der Waals surface area contributed by atoms with Crippen LogP contribution in [0.5, 0.6) is 5.75 Å². The van der Waals surface area contributed by atoms with E-state index >= 15 is 0 Å². The average Bonchev–Trinajstić information content (AvgIpc) is 2.91. The van der Waals surface area contributed by atoms with E-state index < -0.39 is 12.1 Å². The lowest BCUT2D eigenvalue weighted by Crippen LogP contribution is -2.60. The smallest absolute Gasteiger partial charge is 0.252 e. The van der Waals surface area contributed by atoms with Gasteiger partial charge in [0.15, 0.2) is 0 Å². The molecule has 0 aromatic heterocycles. The Morgan fingerprint density at radius 2 is 1.75 bits per heavy atom. The molecule has 2 aromatic carbocycles. The Morgan fingerprint density at radius 3 is 2.45 bits per heavy atom. The number of hydrogen-bond donors (Lipinski definition) is 4. The number of aliphatic hydroxyl groups is 1. The van der Waals surface area contributed by atoms with E-state index in [4.69, 9.17) is 0 Å². The van der Waals surface area contributed by atoms with Gasteiger partial charge in [-0.1, -0.05) is 43.5 Å². The highest BCUT2D eigenvalue weighted by Gasteiger charge is 2.41. The second-order valence-corrected chi connectivity index (χ2v) is 13.6. The van der Waals surface area contributed by atoms with Crippen molar-refractivity contribution in [2.24, 2.45) is 11.8 Å². The van der Waals surface area contributed by atoms with E-state index in [0.717, 1.165) is 30.7 Å². The third-order valence-electron chi connectivity index (χ3n) is 8.23. The first-order valence-electron chi connectivity index (χ1n) is 14.5. The summed E-state index contributed by atoms with van der Waals surface area (Å²) in [6.07, 6.45) is 4.67. The van der Waals surface area contributed by atoms with E-state index in [1.54, 1.807) is 36.9 Å².